The molecule has 104 valence electrons. The molecule has 0 spiro atoms. The van der Waals surface area contributed by atoms with Crippen LogP contribution in [-0.2, 0) is 4.79 Å². The van der Waals surface area contributed by atoms with E-state index >= 15 is 0 Å². The maximum atomic E-state index is 12.0. The Balaban J connectivity index is 2.19. The molecule has 0 bridgehead atoms. The lowest BCUT2D eigenvalue weighted by atomic mass is 10.1. The Labute approximate surface area is 121 Å². The van der Waals surface area contributed by atoms with E-state index < -0.39 is 5.91 Å². The molecule has 0 radical (unpaired) electrons. The van der Waals surface area contributed by atoms with E-state index in [1.807, 2.05) is 6.07 Å². The van der Waals surface area contributed by atoms with E-state index in [2.05, 4.69) is 5.32 Å². The van der Waals surface area contributed by atoms with Crippen LogP contribution < -0.4 is 5.32 Å². The third kappa shape index (κ3) is 3.67. The number of hydrogen-bond donors (Lipinski definition) is 1. The maximum Gasteiger partial charge on any atom is 0.266 e. The molecule has 1 heterocycles. The van der Waals surface area contributed by atoms with Gasteiger partial charge in [-0.2, -0.15) is 5.26 Å². The maximum absolute atomic E-state index is 12.0. The Morgan fingerprint density at radius 1 is 1.29 bits per heavy atom. The highest BCUT2D eigenvalue weighted by atomic mass is 16.3. The second kappa shape index (κ2) is 6.35. The molecule has 1 aromatic carbocycles. The molecule has 0 aliphatic rings. The van der Waals surface area contributed by atoms with Gasteiger partial charge in [-0.15, -0.1) is 0 Å². The fourth-order valence-corrected chi connectivity index (χ4v) is 1.68. The van der Waals surface area contributed by atoms with Gasteiger partial charge in [0.05, 0.1) is 6.26 Å². The normalized spacial score (nSPS) is 10.8. The van der Waals surface area contributed by atoms with E-state index in [1.54, 1.807) is 36.4 Å². The molecule has 5 nitrogen and oxygen atoms in total. The van der Waals surface area contributed by atoms with E-state index in [1.165, 1.54) is 19.3 Å². The Kier molecular flexibility index (Phi) is 4.32. The average Bonchev–Trinajstić information content (AvgIpc) is 2.97. The molecule has 2 aromatic rings. The van der Waals surface area contributed by atoms with Crippen LogP contribution in [0.5, 0.6) is 0 Å². The van der Waals surface area contributed by atoms with Crippen molar-refractivity contribution in [3.05, 3.63) is 59.6 Å². The van der Waals surface area contributed by atoms with Crippen molar-refractivity contribution in [2.45, 2.75) is 6.92 Å². The summed E-state index contributed by atoms with van der Waals surface area (Å²) in [5, 5.41) is 11.6. The molecule has 21 heavy (non-hydrogen) atoms. The van der Waals surface area contributed by atoms with Crippen molar-refractivity contribution in [1.29, 1.82) is 5.26 Å². The molecule has 0 atom stereocenters. The van der Waals surface area contributed by atoms with Gasteiger partial charge in [0.1, 0.15) is 17.4 Å². The number of carbonyl (C=O) groups excluding carboxylic acids is 2. The first-order valence-corrected chi connectivity index (χ1v) is 6.18. The van der Waals surface area contributed by atoms with Gasteiger partial charge in [0, 0.05) is 17.3 Å². The summed E-state index contributed by atoms with van der Waals surface area (Å²) < 4.78 is 5.06. The summed E-state index contributed by atoms with van der Waals surface area (Å²) in [6.07, 6.45) is 2.80. The van der Waals surface area contributed by atoms with Crippen LogP contribution in [0.15, 0.2) is 52.7 Å². The number of ketones is 1. The van der Waals surface area contributed by atoms with Crippen LogP contribution in [0.2, 0.25) is 0 Å². The monoisotopic (exact) mass is 280 g/mol. The van der Waals surface area contributed by atoms with Gasteiger partial charge in [-0.3, -0.25) is 9.59 Å². The van der Waals surface area contributed by atoms with Gasteiger partial charge >= 0.3 is 0 Å². The molecule has 0 saturated carbocycles. The molecule has 1 aromatic heterocycles. The molecule has 0 unspecified atom stereocenters. The molecule has 0 aliphatic carbocycles. The molecule has 0 fully saturated rings. The van der Waals surface area contributed by atoms with Gasteiger partial charge in [-0.1, -0.05) is 12.1 Å². The lowest BCUT2D eigenvalue weighted by Gasteiger charge is -2.05. The minimum Gasteiger partial charge on any atom is -0.465 e. The summed E-state index contributed by atoms with van der Waals surface area (Å²) in [7, 11) is 0. The van der Waals surface area contributed by atoms with Gasteiger partial charge in [-0.25, -0.2) is 0 Å². The molecule has 2 rings (SSSR count). The summed E-state index contributed by atoms with van der Waals surface area (Å²) in [6, 6.07) is 11.6. The number of furan rings is 1. The Morgan fingerprint density at radius 2 is 2.10 bits per heavy atom. The number of amides is 1. The smallest absolute Gasteiger partial charge is 0.266 e. The highest BCUT2D eigenvalue weighted by Crippen LogP contribution is 2.14. The zero-order valence-electron chi connectivity index (χ0n) is 11.3. The minimum absolute atomic E-state index is 0.0850. The zero-order chi connectivity index (χ0) is 15.2. The summed E-state index contributed by atoms with van der Waals surface area (Å²) in [5.41, 5.74) is 0.854. The number of hydrogen-bond acceptors (Lipinski definition) is 4. The van der Waals surface area contributed by atoms with Crippen LogP contribution in [0.3, 0.4) is 0 Å². The van der Waals surface area contributed by atoms with E-state index in [-0.39, 0.29) is 11.4 Å². The van der Waals surface area contributed by atoms with E-state index in [4.69, 9.17) is 9.68 Å². The molecule has 1 amide bonds. The zero-order valence-corrected chi connectivity index (χ0v) is 11.3. The number of anilines is 1. The highest BCUT2D eigenvalue weighted by Gasteiger charge is 2.11. The number of nitriles is 1. The third-order valence-electron chi connectivity index (χ3n) is 2.72. The van der Waals surface area contributed by atoms with Crippen LogP contribution in [0, 0.1) is 11.3 Å². The van der Waals surface area contributed by atoms with Gasteiger partial charge in [0.15, 0.2) is 5.78 Å². The van der Waals surface area contributed by atoms with E-state index in [9.17, 15) is 9.59 Å². The summed E-state index contributed by atoms with van der Waals surface area (Å²) in [5.74, 6) is -0.244. The number of nitrogens with zero attached hydrogens (tertiary/aromatic N) is 1. The standard InChI is InChI=1S/C16H12N2O3/c1-11(19)12-4-2-5-14(8-12)18-16(20)13(10-17)9-15-6-3-7-21-15/h2-9H,1H3,(H,18,20). The summed E-state index contributed by atoms with van der Waals surface area (Å²) >= 11 is 0. The van der Waals surface area contributed by atoms with Crippen molar-refractivity contribution >= 4 is 23.5 Å². The fourth-order valence-electron chi connectivity index (χ4n) is 1.68. The SMILES string of the molecule is CC(=O)c1cccc(NC(=O)C(C#N)=Cc2ccco2)c1. The van der Waals surface area contributed by atoms with Crippen molar-refractivity contribution in [3.8, 4) is 6.07 Å². The quantitative estimate of drug-likeness (QED) is 0.530. The van der Waals surface area contributed by atoms with Crippen LogP contribution in [0.25, 0.3) is 6.08 Å². The number of rotatable bonds is 4. The summed E-state index contributed by atoms with van der Waals surface area (Å²) in [6.45, 7) is 1.44. The number of carbonyl (C=O) groups is 2. The van der Waals surface area contributed by atoms with Crippen LogP contribution >= 0.6 is 0 Å². The second-order valence-corrected chi connectivity index (χ2v) is 4.28. The molecular formula is C16H12N2O3. The van der Waals surface area contributed by atoms with Gasteiger partial charge < -0.3 is 9.73 Å². The molecule has 1 N–H and O–H groups in total. The predicted octanol–water partition coefficient (Wildman–Crippen LogP) is 3.03. The molecule has 0 saturated heterocycles. The summed E-state index contributed by atoms with van der Waals surface area (Å²) in [4.78, 5) is 23.3. The van der Waals surface area contributed by atoms with Crippen molar-refractivity contribution < 1.29 is 14.0 Å². The van der Waals surface area contributed by atoms with E-state index in [0.717, 1.165) is 0 Å². The average molecular weight is 280 g/mol. The second-order valence-electron chi connectivity index (χ2n) is 4.28. The third-order valence-corrected chi connectivity index (χ3v) is 2.72. The minimum atomic E-state index is -0.561. The first kappa shape index (κ1) is 14.3. The Morgan fingerprint density at radius 3 is 2.71 bits per heavy atom. The van der Waals surface area contributed by atoms with Crippen LogP contribution in [0.1, 0.15) is 23.0 Å². The van der Waals surface area contributed by atoms with Gasteiger partial charge in [-0.05, 0) is 31.2 Å². The van der Waals surface area contributed by atoms with Gasteiger partial charge in [0.2, 0.25) is 0 Å². The highest BCUT2D eigenvalue weighted by molar-refractivity contribution is 6.09. The predicted molar refractivity (Wildman–Crippen MR) is 77.4 cm³/mol. The van der Waals surface area contributed by atoms with Crippen molar-refractivity contribution in [3.63, 3.8) is 0 Å². The number of benzene rings is 1. The first-order chi connectivity index (χ1) is 10.1. The van der Waals surface area contributed by atoms with Crippen LogP contribution in [0.4, 0.5) is 5.69 Å². The molecule has 0 aliphatic heterocycles. The van der Waals surface area contributed by atoms with Crippen LogP contribution in [-0.4, -0.2) is 11.7 Å². The topological polar surface area (TPSA) is 83.1 Å². The van der Waals surface area contributed by atoms with Crippen molar-refractivity contribution in [2.75, 3.05) is 5.32 Å². The first-order valence-electron chi connectivity index (χ1n) is 6.18. The lowest BCUT2D eigenvalue weighted by molar-refractivity contribution is -0.112. The Hall–Kier alpha value is -3.13. The lowest BCUT2D eigenvalue weighted by Crippen LogP contribution is -2.13. The fraction of sp³-hybridized carbons (Fsp3) is 0.0625. The van der Waals surface area contributed by atoms with Gasteiger partial charge in [0.25, 0.3) is 5.91 Å². The number of nitrogens with one attached hydrogen (secondary N) is 1. The molecule has 5 heteroatoms. The Bertz CT molecular complexity index is 737. The molecular weight excluding hydrogens is 268 g/mol. The van der Waals surface area contributed by atoms with Crippen molar-refractivity contribution in [2.24, 2.45) is 0 Å². The largest absolute Gasteiger partial charge is 0.465 e. The number of Topliss-reactive ketones (excluding diaryl/α,β-unsaturated/α-hetero) is 1. The van der Waals surface area contributed by atoms with Crippen molar-refractivity contribution in [1.82, 2.24) is 0 Å². The van der Waals surface area contributed by atoms with E-state index in [0.29, 0.717) is 17.0 Å².